The van der Waals surface area contributed by atoms with Crippen molar-refractivity contribution in [2.24, 2.45) is 0 Å². The third-order valence-corrected chi connectivity index (χ3v) is 10.7. The molecule has 2 aromatic heterocycles. The zero-order chi connectivity index (χ0) is 34.4. The normalized spacial score (nSPS) is 28.6. The Labute approximate surface area is 282 Å². The zero-order valence-electron chi connectivity index (χ0n) is 29.4. The van der Waals surface area contributed by atoms with Gasteiger partial charge >= 0.3 is 6.09 Å². The van der Waals surface area contributed by atoms with Crippen LogP contribution in [-0.4, -0.2) is 114 Å². The number of methoxy groups -OCH3 is 1. The lowest BCUT2D eigenvalue weighted by Gasteiger charge is -2.53. The van der Waals surface area contributed by atoms with Crippen molar-refractivity contribution in [2.75, 3.05) is 69.4 Å². The number of rotatable bonds is 7. The Morgan fingerprint density at radius 1 is 1.08 bits per heavy atom. The molecular formula is C35H51F2N7O4. The van der Waals surface area contributed by atoms with Crippen molar-refractivity contribution in [3.05, 3.63) is 41.0 Å². The van der Waals surface area contributed by atoms with Crippen LogP contribution in [0.2, 0.25) is 0 Å². The topological polar surface area (TPSA) is 96.4 Å². The van der Waals surface area contributed by atoms with Gasteiger partial charge in [0, 0.05) is 89.8 Å². The highest BCUT2D eigenvalue weighted by Gasteiger charge is 2.44. The number of carbonyl (C=O) groups excluding carboxylic acids is 1. The Hall–Kier alpha value is -3.16. The Kier molecular flexibility index (Phi) is 9.85. The predicted octanol–water partition coefficient (Wildman–Crippen LogP) is 5.28. The molecule has 2 aromatic rings. The minimum Gasteiger partial charge on any atom is -0.444 e. The lowest BCUT2D eigenvalue weighted by molar-refractivity contribution is -0.0257. The lowest BCUT2D eigenvalue weighted by Crippen LogP contribution is -2.68. The number of halogens is 2. The average molecular weight is 672 g/mol. The van der Waals surface area contributed by atoms with E-state index in [2.05, 4.69) is 51.5 Å². The van der Waals surface area contributed by atoms with Gasteiger partial charge < -0.3 is 28.9 Å². The summed E-state index contributed by atoms with van der Waals surface area (Å²) >= 11 is 0. The first-order valence-corrected chi connectivity index (χ1v) is 17.3. The first-order chi connectivity index (χ1) is 22.8. The van der Waals surface area contributed by atoms with Crippen molar-refractivity contribution < 1.29 is 27.8 Å². The van der Waals surface area contributed by atoms with E-state index in [1.54, 1.807) is 12.0 Å². The van der Waals surface area contributed by atoms with E-state index in [0.29, 0.717) is 51.0 Å². The van der Waals surface area contributed by atoms with Gasteiger partial charge in [-0.05, 0) is 77.5 Å². The summed E-state index contributed by atoms with van der Waals surface area (Å²) in [6.45, 7) is 17.1. The highest BCUT2D eigenvalue weighted by atomic mass is 19.3. The summed E-state index contributed by atoms with van der Waals surface area (Å²) in [6, 6.07) is 4.32. The van der Waals surface area contributed by atoms with Crippen LogP contribution in [-0.2, 0) is 19.8 Å². The van der Waals surface area contributed by atoms with Gasteiger partial charge in [-0.1, -0.05) is 0 Å². The third-order valence-electron chi connectivity index (χ3n) is 10.7. The van der Waals surface area contributed by atoms with Crippen LogP contribution >= 0.6 is 0 Å². The lowest BCUT2D eigenvalue weighted by atomic mass is 9.79. The molecule has 0 saturated carbocycles. The van der Waals surface area contributed by atoms with Gasteiger partial charge in [0.2, 0.25) is 0 Å². The Bertz CT molecular complexity index is 1460. The van der Waals surface area contributed by atoms with Crippen LogP contribution in [0.5, 0.6) is 0 Å². The van der Waals surface area contributed by atoms with Gasteiger partial charge in [0.15, 0.2) is 5.82 Å². The smallest absolute Gasteiger partial charge is 0.410 e. The number of pyridine rings is 1. The minimum atomic E-state index is -2.77. The number of ether oxygens (including phenoxy) is 3. The molecule has 0 aliphatic carbocycles. The third kappa shape index (κ3) is 6.82. The summed E-state index contributed by atoms with van der Waals surface area (Å²) in [5, 5.41) is 0. The Morgan fingerprint density at radius 3 is 2.38 bits per heavy atom. The molecule has 2 unspecified atom stereocenters. The zero-order valence-corrected chi connectivity index (χ0v) is 29.4. The van der Waals surface area contributed by atoms with Gasteiger partial charge in [-0.15, -0.1) is 0 Å². The molecule has 0 aromatic carbocycles. The average Bonchev–Trinajstić information content (AvgIpc) is 3.54. The summed E-state index contributed by atoms with van der Waals surface area (Å²) in [7, 11) is 1.73. The molecule has 4 aliphatic heterocycles. The van der Waals surface area contributed by atoms with Gasteiger partial charge in [-0.25, -0.2) is 23.5 Å². The van der Waals surface area contributed by atoms with Crippen molar-refractivity contribution in [3.63, 3.8) is 0 Å². The van der Waals surface area contributed by atoms with Crippen molar-refractivity contribution in [3.8, 4) is 0 Å². The Morgan fingerprint density at radius 2 is 1.79 bits per heavy atom. The maximum atomic E-state index is 14.2. The second-order valence-electron chi connectivity index (χ2n) is 14.9. The highest BCUT2D eigenvalue weighted by molar-refractivity contribution is 5.68. The fraction of sp³-hybridized carbons (Fsp3) is 0.714. The van der Waals surface area contributed by atoms with Crippen molar-refractivity contribution in [1.82, 2.24) is 24.8 Å². The first-order valence-electron chi connectivity index (χ1n) is 17.3. The molecule has 6 heterocycles. The minimum absolute atomic E-state index is 0.0608. The molecule has 48 heavy (non-hydrogen) atoms. The van der Waals surface area contributed by atoms with E-state index >= 15 is 0 Å². The highest BCUT2D eigenvalue weighted by Crippen LogP contribution is 2.43. The van der Waals surface area contributed by atoms with Crippen LogP contribution in [0.25, 0.3) is 0 Å². The summed E-state index contributed by atoms with van der Waals surface area (Å²) in [4.78, 5) is 34.5. The van der Waals surface area contributed by atoms with Crippen LogP contribution in [0.15, 0.2) is 18.3 Å². The summed E-state index contributed by atoms with van der Waals surface area (Å²) < 4.78 is 45.7. The van der Waals surface area contributed by atoms with Crippen molar-refractivity contribution in [2.45, 2.75) is 102 Å². The molecule has 11 nitrogen and oxygen atoms in total. The molecule has 5 atom stereocenters. The molecule has 13 heteroatoms. The molecule has 0 radical (unpaired) electrons. The Balaban J connectivity index is 1.14. The maximum Gasteiger partial charge on any atom is 0.410 e. The summed E-state index contributed by atoms with van der Waals surface area (Å²) in [5.41, 5.74) is 2.29. The first kappa shape index (κ1) is 34.7. The molecule has 264 valence electrons. The standard InChI is InChI=1S/C35H51F2N7O4/c1-22-8-11-38-30(35(46-7)10-17-47-21-35)29(22)25-9-12-43(23(2)18-25)27-19-28(40-32(39-27)31(36)37)44-20-26(24(44)3)41-13-15-42(16-14-41)33(45)48-34(4,5)6/h8,11,19,23-26,31H,9-10,12-18,20-21H2,1-7H3/t23-,24-,25?,26-,35?/m1/s1. The number of nitrogens with zero attached hydrogens (tertiary/aromatic N) is 7. The number of piperazine rings is 1. The van der Waals surface area contributed by atoms with E-state index in [9.17, 15) is 13.6 Å². The number of carbonyl (C=O) groups is 1. The van der Waals surface area contributed by atoms with Gasteiger partial charge in [0.05, 0.1) is 12.3 Å². The molecule has 4 saturated heterocycles. The number of aromatic nitrogens is 3. The number of hydrogen-bond acceptors (Lipinski definition) is 10. The fourth-order valence-corrected chi connectivity index (χ4v) is 7.92. The SMILES string of the molecule is COC1(c2nccc(C)c2C2CCN(c3cc(N4C[C@@H](N5CCN(C(=O)OC(C)(C)C)CC5)[C@H]4C)nc(C(F)F)n3)[C@H](C)C2)CCOC1. The molecule has 0 bridgehead atoms. The number of aryl methyl sites for hydroxylation is 1. The number of amides is 1. The van der Waals surface area contributed by atoms with Gasteiger partial charge in [-0.3, -0.25) is 9.88 Å². The second kappa shape index (κ2) is 13.6. The molecular weight excluding hydrogens is 620 g/mol. The molecule has 4 fully saturated rings. The molecule has 4 aliphatic rings. The summed E-state index contributed by atoms with van der Waals surface area (Å²) in [5.74, 6) is 0.889. The van der Waals surface area contributed by atoms with E-state index in [0.717, 1.165) is 38.0 Å². The van der Waals surface area contributed by atoms with Gasteiger partial charge in [0.25, 0.3) is 6.43 Å². The van der Waals surface area contributed by atoms with E-state index in [1.807, 2.05) is 33.0 Å². The van der Waals surface area contributed by atoms with Crippen LogP contribution in [0.1, 0.15) is 88.9 Å². The van der Waals surface area contributed by atoms with E-state index in [4.69, 9.17) is 19.2 Å². The predicted molar refractivity (Wildman–Crippen MR) is 179 cm³/mol. The van der Waals surface area contributed by atoms with Crippen molar-refractivity contribution >= 4 is 17.7 Å². The molecule has 6 rings (SSSR count). The van der Waals surface area contributed by atoms with Crippen LogP contribution in [0.3, 0.4) is 0 Å². The second-order valence-corrected chi connectivity index (χ2v) is 14.9. The van der Waals surface area contributed by atoms with Crippen LogP contribution in [0.4, 0.5) is 25.2 Å². The van der Waals surface area contributed by atoms with E-state index in [1.165, 1.54) is 11.1 Å². The number of anilines is 2. The number of hydrogen-bond donors (Lipinski definition) is 0. The van der Waals surface area contributed by atoms with Crippen molar-refractivity contribution in [1.29, 1.82) is 0 Å². The van der Waals surface area contributed by atoms with Gasteiger partial charge in [0.1, 0.15) is 22.8 Å². The number of piperidine rings is 1. The molecule has 0 N–H and O–H groups in total. The van der Waals surface area contributed by atoms with Crippen LogP contribution < -0.4 is 9.80 Å². The number of alkyl halides is 2. The largest absolute Gasteiger partial charge is 0.444 e. The molecule has 0 spiro atoms. The van der Waals surface area contributed by atoms with E-state index < -0.39 is 23.5 Å². The van der Waals surface area contributed by atoms with Crippen LogP contribution in [0, 0.1) is 6.92 Å². The fourth-order valence-electron chi connectivity index (χ4n) is 7.92. The quantitative estimate of drug-likeness (QED) is 0.387. The van der Waals surface area contributed by atoms with E-state index in [-0.39, 0.29) is 30.1 Å². The van der Waals surface area contributed by atoms with Gasteiger partial charge in [-0.2, -0.15) is 0 Å². The molecule has 1 amide bonds. The monoisotopic (exact) mass is 671 g/mol. The summed E-state index contributed by atoms with van der Waals surface area (Å²) in [6.07, 6.45) is 1.23. The maximum absolute atomic E-state index is 14.2.